The first-order valence-corrected chi connectivity index (χ1v) is 9.68. The maximum Gasteiger partial charge on any atom is 0.255 e. The Kier molecular flexibility index (Phi) is 5.22. The van der Waals surface area contributed by atoms with E-state index in [4.69, 9.17) is 0 Å². The van der Waals surface area contributed by atoms with Crippen LogP contribution in [0.25, 0.3) is 0 Å². The predicted octanol–water partition coefficient (Wildman–Crippen LogP) is 1.23. The van der Waals surface area contributed by atoms with Gasteiger partial charge in [-0.2, -0.15) is 0 Å². The van der Waals surface area contributed by atoms with E-state index < -0.39 is 23.5 Å². The Labute approximate surface area is 172 Å². The van der Waals surface area contributed by atoms with Gasteiger partial charge in [-0.3, -0.25) is 34.3 Å². The van der Waals surface area contributed by atoms with Crippen molar-refractivity contribution in [3.8, 4) is 0 Å². The molecule has 2 aliphatic rings. The normalized spacial score (nSPS) is 18.2. The molecule has 2 aromatic rings. The van der Waals surface area contributed by atoms with Crippen LogP contribution in [0.2, 0.25) is 0 Å². The number of amides is 3. The first-order valence-electron chi connectivity index (χ1n) is 9.68. The fourth-order valence-corrected chi connectivity index (χ4v) is 3.82. The van der Waals surface area contributed by atoms with E-state index in [0.29, 0.717) is 24.0 Å². The molecule has 8 nitrogen and oxygen atoms in total. The number of rotatable bonds is 6. The lowest BCUT2D eigenvalue weighted by atomic mass is 9.99. The number of fused-ring (bicyclic) bond motifs is 1. The van der Waals surface area contributed by atoms with Gasteiger partial charge in [0.1, 0.15) is 6.04 Å². The van der Waals surface area contributed by atoms with Gasteiger partial charge >= 0.3 is 0 Å². The zero-order valence-electron chi connectivity index (χ0n) is 16.1. The van der Waals surface area contributed by atoms with Crippen LogP contribution >= 0.6 is 0 Å². The summed E-state index contributed by atoms with van der Waals surface area (Å²) in [6, 6.07) is 7.63. The summed E-state index contributed by atoms with van der Waals surface area (Å²) in [6.45, 7) is 0.276. The molecule has 1 N–H and O–H groups in total. The summed E-state index contributed by atoms with van der Waals surface area (Å²) in [7, 11) is 0. The number of benzene rings is 1. The molecule has 0 aliphatic carbocycles. The number of imide groups is 1. The lowest BCUT2D eigenvalue weighted by Gasteiger charge is -2.29. The Hall–Kier alpha value is -3.68. The van der Waals surface area contributed by atoms with E-state index in [2.05, 4.69) is 10.3 Å². The Morgan fingerprint density at radius 1 is 1.10 bits per heavy atom. The van der Waals surface area contributed by atoms with Crippen LogP contribution in [0.15, 0.2) is 42.7 Å². The summed E-state index contributed by atoms with van der Waals surface area (Å²) in [5.74, 6) is -2.04. The van der Waals surface area contributed by atoms with Crippen LogP contribution in [0.5, 0.6) is 0 Å². The van der Waals surface area contributed by atoms with E-state index >= 15 is 0 Å². The van der Waals surface area contributed by atoms with Crippen molar-refractivity contribution in [3.05, 3.63) is 65.0 Å². The highest BCUT2D eigenvalue weighted by Gasteiger charge is 2.39. The average Bonchev–Trinajstić information content (AvgIpc) is 3.07. The van der Waals surface area contributed by atoms with E-state index in [-0.39, 0.29) is 31.2 Å². The van der Waals surface area contributed by atoms with E-state index in [1.807, 2.05) is 6.07 Å². The van der Waals surface area contributed by atoms with Crippen molar-refractivity contribution in [3.63, 3.8) is 0 Å². The zero-order valence-corrected chi connectivity index (χ0v) is 16.1. The maximum atomic E-state index is 12.7. The molecule has 8 heteroatoms. The highest BCUT2D eigenvalue weighted by Crippen LogP contribution is 2.28. The molecule has 30 heavy (non-hydrogen) atoms. The summed E-state index contributed by atoms with van der Waals surface area (Å²) in [4.78, 5) is 65.9. The molecule has 0 bridgehead atoms. The van der Waals surface area contributed by atoms with Gasteiger partial charge in [0.25, 0.3) is 5.91 Å². The Bertz CT molecular complexity index is 1060. The van der Waals surface area contributed by atoms with Crippen LogP contribution in [-0.4, -0.2) is 45.2 Å². The summed E-state index contributed by atoms with van der Waals surface area (Å²) >= 11 is 0. The van der Waals surface area contributed by atoms with Gasteiger partial charge in [0, 0.05) is 42.9 Å². The van der Waals surface area contributed by atoms with Crippen LogP contribution in [0.1, 0.15) is 51.1 Å². The number of piperidine rings is 1. The molecule has 1 fully saturated rings. The van der Waals surface area contributed by atoms with Crippen molar-refractivity contribution in [2.75, 3.05) is 0 Å². The number of nitrogens with zero attached hydrogens (tertiary/aromatic N) is 2. The fourth-order valence-electron chi connectivity index (χ4n) is 3.82. The summed E-state index contributed by atoms with van der Waals surface area (Å²) in [5.41, 5.74) is 2.44. The van der Waals surface area contributed by atoms with Crippen LogP contribution in [0, 0.1) is 0 Å². The molecule has 152 valence electrons. The van der Waals surface area contributed by atoms with Crippen molar-refractivity contribution in [2.45, 2.75) is 38.3 Å². The Morgan fingerprint density at radius 2 is 1.87 bits per heavy atom. The standard InChI is InChI=1S/C22H19N3O5/c26-18(20(28)14-7-9-23-10-8-14)5-2-13-1-3-16-15(11-13)12-25(22(16)30)17-4-6-19(27)24-21(17)29/h1,3,7-11,17H,2,4-6,12H2,(H,24,27,29). The van der Waals surface area contributed by atoms with E-state index in [1.54, 1.807) is 12.1 Å². The molecule has 3 amide bonds. The predicted molar refractivity (Wildman–Crippen MR) is 104 cm³/mol. The molecule has 1 aromatic heterocycles. The number of carbonyl (C=O) groups excluding carboxylic acids is 5. The second-order valence-corrected chi connectivity index (χ2v) is 7.38. The molecule has 4 rings (SSSR count). The van der Waals surface area contributed by atoms with E-state index in [0.717, 1.165) is 11.1 Å². The van der Waals surface area contributed by atoms with Gasteiger partial charge in [-0.25, -0.2) is 0 Å². The monoisotopic (exact) mass is 405 g/mol. The molecular formula is C22H19N3O5. The number of aryl methyl sites for hydroxylation is 1. The van der Waals surface area contributed by atoms with Crippen molar-refractivity contribution >= 4 is 29.3 Å². The van der Waals surface area contributed by atoms with Gasteiger partial charge in [-0.1, -0.05) is 12.1 Å². The van der Waals surface area contributed by atoms with Crippen LogP contribution in [0.3, 0.4) is 0 Å². The minimum atomic E-state index is -0.661. The number of hydrogen-bond donors (Lipinski definition) is 1. The molecule has 1 unspecified atom stereocenters. The van der Waals surface area contributed by atoms with Gasteiger partial charge in [0.15, 0.2) is 0 Å². The number of hydrogen-bond acceptors (Lipinski definition) is 6. The topological polar surface area (TPSA) is 114 Å². The molecule has 0 radical (unpaired) electrons. The van der Waals surface area contributed by atoms with Gasteiger partial charge in [-0.15, -0.1) is 0 Å². The number of ketones is 2. The average molecular weight is 405 g/mol. The third-order valence-corrected chi connectivity index (χ3v) is 5.42. The van der Waals surface area contributed by atoms with Crippen molar-refractivity contribution in [1.29, 1.82) is 0 Å². The van der Waals surface area contributed by atoms with Crippen LogP contribution in [0.4, 0.5) is 0 Å². The smallest absolute Gasteiger partial charge is 0.255 e. The van der Waals surface area contributed by atoms with Gasteiger partial charge in [-0.05, 0) is 42.2 Å². The van der Waals surface area contributed by atoms with Gasteiger partial charge < -0.3 is 4.90 Å². The number of aromatic nitrogens is 1. The molecule has 1 saturated heterocycles. The Morgan fingerprint density at radius 3 is 2.60 bits per heavy atom. The fraction of sp³-hybridized carbons (Fsp3) is 0.273. The summed E-state index contributed by atoms with van der Waals surface area (Å²) < 4.78 is 0. The maximum absolute atomic E-state index is 12.7. The lowest BCUT2D eigenvalue weighted by molar-refractivity contribution is -0.136. The molecule has 1 atom stereocenters. The van der Waals surface area contributed by atoms with Crippen molar-refractivity contribution < 1.29 is 24.0 Å². The number of carbonyl (C=O) groups is 5. The number of nitrogens with one attached hydrogen (secondary N) is 1. The zero-order chi connectivity index (χ0) is 21.3. The first-order chi connectivity index (χ1) is 14.4. The molecular weight excluding hydrogens is 386 g/mol. The lowest BCUT2D eigenvalue weighted by Crippen LogP contribution is -2.52. The highest BCUT2D eigenvalue weighted by atomic mass is 16.2. The minimum Gasteiger partial charge on any atom is -0.322 e. The van der Waals surface area contributed by atoms with E-state index in [1.165, 1.54) is 29.4 Å². The minimum absolute atomic E-state index is 0.0603. The van der Waals surface area contributed by atoms with Crippen molar-refractivity contribution in [2.24, 2.45) is 0 Å². The van der Waals surface area contributed by atoms with Gasteiger partial charge in [0.05, 0.1) is 0 Å². The molecule has 1 aromatic carbocycles. The summed E-state index contributed by atoms with van der Waals surface area (Å²) in [6.07, 6.45) is 3.87. The number of pyridine rings is 1. The highest BCUT2D eigenvalue weighted by molar-refractivity contribution is 6.43. The van der Waals surface area contributed by atoms with Crippen molar-refractivity contribution in [1.82, 2.24) is 15.2 Å². The first kappa shape index (κ1) is 19.6. The molecule has 2 aliphatic heterocycles. The van der Waals surface area contributed by atoms with Crippen LogP contribution < -0.4 is 5.32 Å². The Balaban J connectivity index is 1.42. The summed E-state index contributed by atoms with van der Waals surface area (Å²) in [5, 5.41) is 2.28. The SMILES string of the molecule is O=C1CCC(N2Cc3cc(CCC(=O)C(=O)c4ccncc4)ccc3C2=O)C(=O)N1. The third-order valence-electron chi connectivity index (χ3n) is 5.42. The van der Waals surface area contributed by atoms with E-state index in [9.17, 15) is 24.0 Å². The van der Waals surface area contributed by atoms with Crippen LogP contribution in [-0.2, 0) is 27.3 Å². The molecule has 0 saturated carbocycles. The molecule has 3 heterocycles. The quantitative estimate of drug-likeness (QED) is 0.439. The largest absolute Gasteiger partial charge is 0.322 e. The number of Topliss-reactive ketones (excluding diaryl/α,β-unsaturated/α-hetero) is 2. The third kappa shape index (κ3) is 3.76. The molecule has 0 spiro atoms. The second-order valence-electron chi connectivity index (χ2n) is 7.38. The second kappa shape index (κ2) is 7.98. The van der Waals surface area contributed by atoms with Gasteiger partial charge in [0.2, 0.25) is 23.4 Å².